The Bertz CT molecular complexity index is 1630. The molecule has 1 atom stereocenters. The number of aromatic nitrogens is 2. The third kappa shape index (κ3) is 5.92. The number of anilines is 1. The van der Waals surface area contributed by atoms with Gasteiger partial charge in [0.05, 0.1) is 27.5 Å². The highest BCUT2D eigenvalue weighted by atomic mass is 32.2. The fourth-order valence-electron chi connectivity index (χ4n) is 5.23. The van der Waals surface area contributed by atoms with Gasteiger partial charge in [-0.2, -0.15) is 0 Å². The van der Waals surface area contributed by atoms with Gasteiger partial charge in [0.25, 0.3) is 5.56 Å². The van der Waals surface area contributed by atoms with Crippen LogP contribution in [0.2, 0.25) is 0 Å². The summed E-state index contributed by atoms with van der Waals surface area (Å²) in [5.74, 6) is 0.334. The molecule has 8 heteroatoms. The van der Waals surface area contributed by atoms with Gasteiger partial charge in [-0.1, -0.05) is 45.0 Å². The van der Waals surface area contributed by atoms with Gasteiger partial charge in [0.2, 0.25) is 10.0 Å². The van der Waals surface area contributed by atoms with E-state index in [1.807, 2.05) is 42.5 Å². The quantitative estimate of drug-likeness (QED) is 0.327. The standard InChI is InChI=1S/C31H36N4O3S/c1-22(33-39(37,38)26-17-11-23(12-18-26)21-31(2,3)4)29-32-28-10-6-5-9-27(28)30(36)35(29)25-15-13-24(14-16-25)34-19-7-8-20-34/h5-6,9-18,22,33H,7-8,19-21H2,1-4H3. The molecule has 39 heavy (non-hydrogen) atoms. The lowest BCUT2D eigenvalue weighted by molar-refractivity contribution is 0.411. The molecule has 0 spiro atoms. The minimum atomic E-state index is -3.86. The van der Waals surface area contributed by atoms with E-state index in [0.29, 0.717) is 22.4 Å². The van der Waals surface area contributed by atoms with Gasteiger partial charge < -0.3 is 4.90 Å². The summed E-state index contributed by atoms with van der Waals surface area (Å²) < 4.78 is 31.0. The van der Waals surface area contributed by atoms with E-state index in [2.05, 4.69) is 30.4 Å². The summed E-state index contributed by atoms with van der Waals surface area (Å²) in [7, 11) is -3.86. The second-order valence-electron chi connectivity index (χ2n) is 11.6. The Morgan fingerprint density at radius 3 is 2.15 bits per heavy atom. The molecule has 1 N–H and O–H groups in total. The van der Waals surface area contributed by atoms with Crippen LogP contribution in [-0.4, -0.2) is 31.1 Å². The normalized spacial score (nSPS) is 15.1. The van der Waals surface area contributed by atoms with E-state index in [1.54, 1.807) is 37.3 Å². The van der Waals surface area contributed by atoms with Crippen LogP contribution < -0.4 is 15.2 Å². The second kappa shape index (κ2) is 10.6. The molecule has 1 saturated heterocycles. The first-order valence-electron chi connectivity index (χ1n) is 13.5. The zero-order valence-electron chi connectivity index (χ0n) is 23.0. The van der Waals surface area contributed by atoms with Crippen molar-refractivity contribution in [3.63, 3.8) is 0 Å². The van der Waals surface area contributed by atoms with Crippen LogP contribution in [0.4, 0.5) is 5.69 Å². The molecule has 5 rings (SSSR count). The van der Waals surface area contributed by atoms with Gasteiger partial charge in [-0.25, -0.2) is 18.1 Å². The van der Waals surface area contributed by atoms with Crippen molar-refractivity contribution < 1.29 is 8.42 Å². The van der Waals surface area contributed by atoms with Gasteiger partial charge in [0.15, 0.2) is 0 Å². The molecule has 4 aromatic rings. The fraction of sp³-hybridized carbons (Fsp3) is 0.355. The number of sulfonamides is 1. The van der Waals surface area contributed by atoms with Crippen molar-refractivity contribution >= 4 is 26.6 Å². The maximum Gasteiger partial charge on any atom is 0.266 e. The maximum absolute atomic E-state index is 13.7. The highest BCUT2D eigenvalue weighted by molar-refractivity contribution is 7.89. The number of rotatable bonds is 7. The maximum atomic E-state index is 13.7. The molecule has 1 aromatic heterocycles. The molecule has 2 heterocycles. The minimum absolute atomic E-state index is 0.102. The largest absolute Gasteiger partial charge is 0.372 e. The first-order valence-corrected chi connectivity index (χ1v) is 15.0. The van der Waals surface area contributed by atoms with Gasteiger partial charge in [-0.3, -0.25) is 9.36 Å². The fourth-order valence-corrected chi connectivity index (χ4v) is 6.43. The summed E-state index contributed by atoms with van der Waals surface area (Å²) in [5.41, 5.74) is 3.24. The second-order valence-corrected chi connectivity index (χ2v) is 13.3. The van der Waals surface area contributed by atoms with E-state index < -0.39 is 16.1 Å². The highest BCUT2D eigenvalue weighted by Gasteiger charge is 2.24. The van der Waals surface area contributed by atoms with E-state index in [1.165, 1.54) is 17.4 Å². The molecule has 1 aliphatic rings. The van der Waals surface area contributed by atoms with E-state index in [9.17, 15) is 13.2 Å². The van der Waals surface area contributed by atoms with Crippen molar-refractivity contribution in [2.75, 3.05) is 18.0 Å². The van der Waals surface area contributed by atoms with E-state index >= 15 is 0 Å². The molecular formula is C31H36N4O3S. The van der Waals surface area contributed by atoms with E-state index in [4.69, 9.17) is 4.98 Å². The van der Waals surface area contributed by atoms with Crippen molar-refractivity contribution in [3.8, 4) is 5.69 Å². The smallest absolute Gasteiger partial charge is 0.266 e. The monoisotopic (exact) mass is 544 g/mol. The third-order valence-electron chi connectivity index (χ3n) is 7.07. The van der Waals surface area contributed by atoms with E-state index in [-0.39, 0.29) is 15.9 Å². The molecule has 3 aromatic carbocycles. The van der Waals surface area contributed by atoms with Crippen molar-refractivity contribution in [3.05, 3.63) is 94.5 Å². The van der Waals surface area contributed by atoms with Crippen LogP contribution in [0.3, 0.4) is 0 Å². The van der Waals surface area contributed by atoms with Crippen molar-refractivity contribution in [2.45, 2.75) is 57.9 Å². The predicted octanol–water partition coefficient (Wildman–Crippen LogP) is 5.61. The summed E-state index contributed by atoms with van der Waals surface area (Å²) in [4.78, 5) is 21.0. The van der Waals surface area contributed by atoms with Crippen LogP contribution in [0.1, 0.15) is 58.0 Å². The van der Waals surface area contributed by atoms with Crippen LogP contribution in [0.15, 0.2) is 82.5 Å². The first-order chi connectivity index (χ1) is 18.5. The average molecular weight is 545 g/mol. The molecule has 0 radical (unpaired) electrons. The zero-order chi connectivity index (χ0) is 27.8. The first kappa shape index (κ1) is 27.1. The molecule has 7 nitrogen and oxygen atoms in total. The highest BCUT2D eigenvalue weighted by Crippen LogP contribution is 2.25. The summed E-state index contributed by atoms with van der Waals surface area (Å²) >= 11 is 0. The summed E-state index contributed by atoms with van der Waals surface area (Å²) in [5, 5.41) is 0.481. The molecule has 1 unspecified atom stereocenters. The summed E-state index contributed by atoms with van der Waals surface area (Å²) in [6.45, 7) is 10.2. The van der Waals surface area contributed by atoms with Crippen LogP contribution in [0.25, 0.3) is 16.6 Å². The third-order valence-corrected chi connectivity index (χ3v) is 8.62. The topological polar surface area (TPSA) is 84.3 Å². The number of nitrogens with zero attached hydrogens (tertiary/aromatic N) is 3. The van der Waals surface area contributed by atoms with Gasteiger partial charge in [0, 0.05) is 18.8 Å². The Labute approximate surface area is 230 Å². The average Bonchev–Trinajstić information content (AvgIpc) is 3.43. The molecular weight excluding hydrogens is 508 g/mol. The van der Waals surface area contributed by atoms with E-state index in [0.717, 1.165) is 30.8 Å². The lowest BCUT2D eigenvalue weighted by Gasteiger charge is -2.21. The molecule has 0 amide bonds. The molecule has 1 fully saturated rings. The van der Waals surface area contributed by atoms with Crippen LogP contribution >= 0.6 is 0 Å². The summed E-state index contributed by atoms with van der Waals surface area (Å²) in [6.07, 6.45) is 3.20. The molecule has 204 valence electrons. The molecule has 0 aliphatic carbocycles. The summed E-state index contributed by atoms with van der Waals surface area (Å²) in [6, 6.07) is 21.2. The van der Waals surface area contributed by atoms with Gasteiger partial charge >= 0.3 is 0 Å². The van der Waals surface area contributed by atoms with Crippen molar-refractivity contribution in [1.82, 2.24) is 14.3 Å². The van der Waals surface area contributed by atoms with Crippen molar-refractivity contribution in [1.29, 1.82) is 0 Å². The van der Waals surface area contributed by atoms with Crippen molar-refractivity contribution in [2.24, 2.45) is 5.41 Å². The van der Waals surface area contributed by atoms with Gasteiger partial charge in [-0.15, -0.1) is 0 Å². The van der Waals surface area contributed by atoms with Crippen LogP contribution in [0, 0.1) is 5.41 Å². The minimum Gasteiger partial charge on any atom is -0.372 e. The number of hydrogen-bond donors (Lipinski definition) is 1. The number of nitrogens with one attached hydrogen (secondary N) is 1. The zero-order valence-corrected chi connectivity index (χ0v) is 23.8. The lowest BCUT2D eigenvalue weighted by atomic mass is 9.88. The Morgan fingerprint density at radius 1 is 0.897 bits per heavy atom. The Morgan fingerprint density at radius 2 is 1.51 bits per heavy atom. The number of para-hydroxylation sites is 1. The van der Waals surface area contributed by atoms with Crippen LogP contribution in [0.5, 0.6) is 0 Å². The number of benzene rings is 3. The Kier molecular flexibility index (Phi) is 7.35. The number of fused-ring (bicyclic) bond motifs is 1. The molecule has 1 aliphatic heterocycles. The SMILES string of the molecule is CC(NS(=O)(=O)c1ccc(CC(C)(C)C)cc1)c1nc2ccccc2c(=O)n1-c1ccc(N2CCCC2)cc1. The number of hydrogen-bond acceptors (Lipinski definition) is 5. The Balaban J connectivity index is 1.50. The van der Waals surface area contributed by atoms with Gasteiger partial charge in [0.1, 0.15) is 5.82 Å². The van der Waals surface area contributed by atoms with Gasteiger partial charge in [-0.05, 0) is 85.7 Å². The molecule has 0 saturated carbocycles. The lowest BCUT2D eigenvalue weighted by Crippen LogP contribution is -2.33. The Hall–Kier alpha value is -3.49. The predicted molar refractivity (Wildman–Crippen MR) is 157 cm³/mol. The van der Waals surface area contributed by atoms with Crippen LogP contribution in [-0.2, 0) is 16.4 Å². The molecule has 0 bridgehead atoms.